The lowest BCUT2D eigenvalue weighted by Crippen LogP contribution is -2.30. The standard InChI is InChI=1S/C13H16N2O2/c1-10-4-3-7-15(9-10)12-8-11(5-6-14-12)13(16)17-2/h4-6,8H,3,7,9H2,1-2H3. The average Bonchev–Trinajstić information content (AvgIpc) is 2.38. The van der Waals surface area contributed by atoms with E-state index in [0.717, 1.165) is 25.3 Å². The van der Waals surface area contributed by atoms with Crippen molar-refractivity contribution in [3.8, 4) is 0 Å². The Morgan fingerprint density at radius 1 is 1.53 bits per heavy atom. The number of hydrogen-bond donors (Lipinski definition) is 0. The molecule has 0 unspecified atom stereocenters. The van der Waals surface area contributed by atoms with E-state index in [2.05, 4.69) is 22.9 Å². The Kier molecular flexibility index (Phi) is 3.42. The molecule has 1 aromatic rings. The molecule has 0 bridgehead atoms. The lowest BCUT2D eigenvalue weighted by Gasteiger charge is -2.27. The normalized spacial score (nSPS) is 15.4. The first-order valence-electron chi connectivity index (χ1n) is 5.65. The van der Waals surface area contributed by atoms with Crippen molar-refractivity contribution >= 4 is 11.8 Å². The number of hydrogen-bond acceptors (Lipinski definition) is 4. The maximum atomic E-state index is 11.4. The first-order valence-corrected chi connectivity index (χ1v) is 5.65. The highest BCUT2D eigenvalue weighted by molar-refractivity contribution is 5.90. The van der Waals surface area contributed by atoms with E-state index in [1.807, 2.05) is 0 Å². The van der Waals surface area contributed by atoms with E-state index >= 15 is 0 Å². The molecule has 2 rings (SSSR count). The largest absolute Gasteiger partial charge is 0.465 e. The molecular formula is C13H16N2O2. The van der Waals surface area contributed by atoms with Crippen molar-refractivity contribution in [3.05, 3.63) is 35.5 Å². The van der Waals surface area contributed by atoms with E-state index in [1.54, 1.807) is 18.3 Å². The van der Waals surface area contributed by atoms with Crippen LogP contribution in [0.15, 0.2) is 30.0 Å². The van der Waals surface area contributed by atoms with Crippen molar-refractivity contribution in [1.82, 2.24) is 4.98 Å². The first-order chi connectivity index (χ1) is 8.20. The molecule has 2 heterocycles. The van der Waals surface area contributed by atoms with Gasteiger partial charge in [-0.2, -0.15) is 0 Å². The van der Waals surface area contributed by atoms with Gasteiger partial charge >= 0.3 is 5.97 Å². The topological polar surface area (TPSA) is 42.4 Å². The van der Waals surface area contributed by atoms with E-state index in [0.29, 0.717) is 5.56 Å². The van der Waals surface area contributed by atoms with Crippen LogP contribution in [0, 0.1) is 0 Å². The fourth-order valence-electron chi connectivity index (χ4n) is 1.94. The molecule has 1 aliphatic heterocycles. The van der Waals surface area contributed by atoms with Gasteiger partial charge in [0, 0.05) is 19.3 Å². The Morgan fingerprint density at radius 2 is 2.35 bits per heavy atom. The van der Waals surface area contributed by atoms with E-state index in [9.17, 15) is 4.79 Å². The number of pyridine rings is 1. The minimum atomic E-state index is -0.321. The number of anilines is 1. The molecule has 0 aliphatic carbocycles. The summed E-state index contributed by atoms with van der Waals surface area (Å²) in [6, 6.07) is 3.45. The van der Waals surface area contributed by atoms with Gasteiger partial charge in [-0.3, -0.25) is 0 Å². The predicted octanol–water partition coefficient (Wildman–Crippen LogP) is 2.02. The third kappa shape index (κ3) is 2.64. The smallest absolute Gasteiger partial charge is 0.338 e. The summed E-state index contributed by atoms with van der Waals surface area (Å²) in [5.41, 5.74) is 1.88. The molecule has 0 saturated carbocycles. The zero-order valence-electron chi connectivity index (χ0n) is 10.1. The highest BCUT2D eigenvalue weighted by Gasteiger charge is 2.14. The summed E-state index contributed by atoms with van der Waals surface area (Å²) in [6.07, 6.45) is 4.91. The van der Waals surface area contributed by atoms with Crippen LogP contribution in [0.1, 0.15) is 23.7 Å². The molecule has 4 heteroatoms. The Balaban J connectivity index is 2.21. The first kappa shape index (κ1) is 11.6. The number of methoxy groups -OCH3 is 1. The summed E-state index contributed by atoms with van der Waals surface area (Å²) in [5, 5.41) is 0. The molecule has 0 saturated heterocycles. The Bertz CT molecular complexity index is 454. The second kappa shape index (κ2) is 4.99. The van der Waals surface area contributed by atoms with Gasteiger partial charge in [0.15, 0.2) is 0 Å². The molecule has 4 nitrogen and oxygen atoms in total. The predicted molar refractivity (Wildman–Crippen MR) is 66.2 cm³/mol. The van der Waals surface area contributed by atoms with Crippen LogP contribution in [0.4, 0.5) is 5.82 Å². The molecule has 0 atom stereocenters. The minimum Gasteiger partial charge on any atom is -0.465 e. The van der Waals surface area contributed by atoms with Crippen LogP contribution in [0.5, 0.6) is 0 Å². The van der Waals surface area contributed by atoms with Gasteiger partial charge in [0.25, 0.3) is 0 Å². The summed E-state index contributed by atoms with van der Waals surface area (Å²) in [5.74, 6) is 0.512. The fraction of sp³-hybridized carbons (Fsp3) is 0.385. The minimum absolute atomic E-state index is 0.321. The van der Waals surface area contributed by atoms with Crippen molar-refractivity contribution in [2.45, 2.75) is 13.3 Å². The number of nitrogens with zero attached hydrogens (tertiary/aromatic N) is 2. The zero-order chi connectivity index (χ0) is 12.3. The van der Waals surface area contributed by atoms with Crippen molar-refractivity contribution in [2.75, 3.05) is 25.1 Å². The Morgan fingerprint density at radius 3 is 3.06 bits per heavy atom. The van der Waals surface area contributed by atoms with Gasteiger partial charge in [0.2, 0.25) is 0 Å². The number of carbonyl (C=O) groups is 1. The molecule has 1 aliphatic rings. The number of esters is 1. The van der Waals surface area contributed by atoms with Crippen molar-refractivity contribution in [1.29, 1.82) is 0 Å². The third-order valence-corrected chi connectivity index (χ3v) is 2.82. The molecular weight excluding hydrogens is 216 g/mol. The Labute approximate surface area is 101 Å². The van der Waals surface area contributed by atoms with Crippen LogP contribution in [0.25, 0.3) is 0 Å². The third-order valence-electron chi connectivity index (χ3n) is 2.82. The molecule has 0 fully saturated rings. The monoisotopic (exact) mass is 232 g/mol. The maximum absolute atomic E-state index is 11.4. The van der Waals surface area contributed by atoms with E-state index in [-0.39, 0.29) is 5.97 Å². The second-order valence-corrected chi connectivity index (χ2v) is 4.16. The van der Waals surface area contributed by atoms with Gasteiger partial charge < -0.3 is 9.64 Å². The lowest BCUT2D eigenvalue weighted by molar-refractivity contribution is 0.0600. The maximum Gasteiger partial charge on any atom is 0.338 e. The van der Waals surface area contributed by atoms with Gasteiger partial charge in [0.05, 0.1) is 12.7 Å². The number of rotatable bonds is 2. The highest BCUT2D eigenvalue weighted by Crippen LogP contribution is 2.18. The van der Waals surface area contributed by atoms with Crippen molar-refractivity contribution < 1.29 is 9.53 Å². The zero-order valence-corrected chi connectivity index (χ0v) is 10.1. The summed E-state index contributed by atoms with van der Waals surface area (Å²) >= 11 is 0. The molecule has 0 spiro atoms. The molecule has 17 heavy (non-hydrogen) atoms. The van der Waals surface area contributed by atoms with E-state index in [1.165, 1.54) is 12.7 Å². The van der Waals surface area contributed by atoms with Crippen LogP contribution in [0.2, 0.25) is 0 Å². The van der Waals surface area contributed by atoms with Crippen LogP contribution in [0.3, 0.4) is 0 Å². The van der Waals surface area contributed by atoms with Gasteiger partial charge in [-0.15, -0.1) is 0 Å². The average molecular weight is 232 g/mol. The molecule has 0 N–H and O–H groups in total. The van der Waals surface area contributed by atoms with Crippen LogP contribution < -0.4 is 4.90 Å². The summed E-state index contributed by atoms with van der Waals surface area (Å²) in [6.45, 7) is 3.92. The summed E-state index contributed by atoms with van der Waals surface area (Å²) in [7, 11) is 1.39. The molecule has 90 valence electrons. The number of ether oxygens (including phenoxy) is 1. The van der Waals surface area contributed by atoms with Crippen LogP contribution in [-0.2, 0) is 4.74 Å². The van der Waals surface area contributed by atoms with E-state index in [4.69, 9.17) is 4.74 Å². The molecule has 1 aromatic heterocycles. The molecule has 0 aromatic carbocycles. The van der Waals surface area contributed by atoms with Crippen LogP contribution in [-0.4, -0.2) is 31.2 Å². The Hall–Kier alpha value is -1.84. The van der Waals surface area contributed by atoms with Crippen molar-refractivity contribution in [3.63, 3.8) is 0 Å². The molecule has 0 amide bonds. The quantitative estimate of drug-likeness (QED) is 0.578. The molecule has 0 radical (unpaired) electrons. The summed E-state index contributed by atoms with van der Waals surface area (Å²) < 4.78 is 4.70. The fourth-order valence-corrected chi connectivity index (χ4v) is 1.94. The SMILES string of the molecule is COC(=O)c1ccnc(N2CCC=C(C)C2)c1. The van der Waals surface area contributed by atoms with E-state index < -0.39 is 0 Å². The van der Waals surface area contributed by atoms with Gasteiger partial charge in [-0.05, 0) is 25.5 Å². The van der Waals surface area contributed by atoms with Gasteiger partial charge in [0.1, 0.15) is 5.82 Å². The number of carbonyl (C=O) groups excluding carboxylic acids is 1. The second-order valence-electron chi connectivity index (χ2n) is 4.16. The number of aromatic nitrogens is 1. The highest BCUT2D eigenvalue weighted by atomic mass is 16.5. The lowest BCUT2D eigenvalue weighted by atomic mass is 10.1. The van der Waals surface area contributed by atoms with Crippen molar-refractivity contribution in [2.24, 2.45) is 0 Å². The van der Waals surface area contributed by atoms with Gasteiger partial charge in [-0.25, -0.2) is 9.78 Å². The summed E-state index contributed by atoms with van der Waals surface area (Å²) in [4.78, 5) is 17.9. The van der Waals surface area contributed by atoms with Gasteiger partial charge in [-0.1, -0.05) is 11.6 Å². The van der Waals surface area contributed by atoms with Crippen LogP contribution >= 0.6 is 0 Å².